The topological polar surface area (TPSA) is 140 Å². The van der Waals surface area contributed by atoms with E-state index in [-0.39, 0.29) is 24.6 Å². The van der Waals surface area contributed by atoms with Gasteiger partial charge in [-0.2, -0.15) is 9.97 Å². The van der Waals surface area contributed by atoms with Gasteiger partial charge in [0.1, 0.15) is 12.6 Å². The third-order valence-corrected chi connectivity index (χ3v) is 4.07. The summed E-state index contributed by atoms with van der Waals surface area (Å²) in [5.74, 6) is 0.0171. The Balaban J connectivity index is 1.99. The van der Waals surface area contributed by atoms with Gasteiger partial charge in [-0.05, 0) is 12.3 Å². The fourth-order valence-electron chi connectivity index (χ4n) is 2.34. The first-order chi connectivity index (χ1) is 12.4. The van der Waals surface area contributed by atoms with Crippen molar-refractivity contribution < 1.29 is 19.0 Å². The van der Waals surface area contributed by atoms with Crippen molar-refractivity contribution in [2.24, 2.45) is 11.7 Å². The summed E-state index contributed by atoms with van der Waals surface area (Å²) in [6.45, 7) is 4.41. The molecule has 2 atom stereocenters. The number of ether oxygens (including phenoxy) is 3. The Morgan fingerprint density at radius 1 is 1.31 bits per heavy atom. The number of hydrogen-bond donors (Lipinski definition) is 2. The van der Waals surface area contributed by atoms with Crippen LogP contribution in [0.3, 0.4) is 0 Å². The van der Waals surface area contributed by atoms with E-state index in [1.54, 1.807) is 13.4 Å². The van der Waals surface area contributed by atoms with Crippen molar-refractivity contribution in [3.8, 4) is 5.88 Å². The zero-order chi connectivity index (χ0) is 19.3. The normalized spacial score (nSPS) is 13.8. The molecule has 0 aliphatic heterocycles. The third kappa shape index (κ3) is 4.58. The molecule has 4 N–H and O–H groups in total. The number of nitrogens with two attached hydrogens (primary N) is 2. The Hall–Kier alpha value is -2.46. The van der Waals surface area contributed by atoms with Gasteiger partial charge in [0.25, 0.3) is 0 Å². The fraction of sp³-hybridized carbons (Fsp3) is 0.625. The molecule has 0 fully saturated rings. The van der Waals surface area contributed by atoms with Crippen LogP contribution < -0.4 is 16.2 Å². The minimum absolute atomic E-state index is 0.0148. The molecule has 0 saturated carbocycles. The molecule has 144 valence electrons. The quantitative estimate of drug-likeness (QED) is 0.601. The molecule has 2 rings (SSSR count). The van der Waals surface area contributed by atoms with E-state index in [4.69, 9.17) is 25.7 Å². The summed E-state index contributed by atoms with van der Waals surface area (Å²) in [7, 11) is 3.06. The van der Waals surface area contributed by atoms with E-state index in [2.05, 4.69) is 15.0 Å². The van der Waals surface area contributed by atoms with Crippen LogP contribution in [0.4, 0.5) is 5.95 Å². The lowest BCUT2D eigenvalue weighted by Crippen LogP contribution is -2.38. The molecule has 0 bridgehead atoms. The molecule has 2 heterocycles. The van der Waals surface area contributed by atoms with Gasteiger partial charge in [0.2, 0.25) is 11.8 Å². The third-order valence-electron chi connectivity index (χ3n) is 4.07. The number of anilines is 1. The molecule has 0 spiro atoms. The summed E-state index contributed by atoms with van der Waals surface area (Å²) in [6.07, 6.45) is 1.93. The molecule has 26 heavy (non-hydrogen) atoms. The molecular weight excluding hydrogens is 340 g/mol. The van der Waals surface area contributed by atoms with E-state index in [0.717, 1.165) is 0 Å². The maximum absolute atomic E-state index is 11.9. The second-order valence-electron chi connectivity index (χ2n) is 6.25. The first kappa shape index (κ1) is 19.9. The lowest BCUT2D eigenvalue weighted by molar-refractivity contribution is -0.150. The Morgan fingerprint density at radius 2 is 2.04 bits per heavy atom. The van der Waals surface area contributed by atoms with Crippen molar-refractivity contribution in [2.45, 2.75) is 39.0 Å². The van der Waals surface area contributed by atoms with E-state index in [1.807, 2.05) is 18.4 Å². The molecule has 0 amide bonds. The number of methoxy groups -OCH3 is 2. The van der Waals surface area contributed by atoms with Crippen molar-refractivity contribution in [3.05, 3.63) is 6.33 Å². The summed E-state index contributed by atoms with van der Waals surface area (Å²) in [5, 5.41) is 0. The van der Waals surface area contributed by atoms with Gasteiger partial charge in [-0.25, -0.2) is 4.98 Å². The highest BCUT2D eigenvalue weighted by atomic mass is 16.6. The number of esters is 1. The van der Waals surface area contributed by atoms with E-state index in [9.17, 15) is 4.79 Å². The number of nitrogen functional groups attached to an aromatic ring is 1. The lowest BCUT2D eigenvalue weighted by atomic mass is 10.1. The largest absolute Gasteiger partial charge is 0.479 e. The smallest absolute Gasteiger partial charge is 0.323 e. The number of hydrogen-bond acceptors (Lipinski definition) is 9. The van der Waals surface area contributed by atoms with Gasteiger partial charge in [-0.1, -0.05) is 13.8 Å². The van der Waals surface area contributed by atoms with Crippen LogP contribution in [0.15, 0.2) is 6.33 Å². The molecular formula is C16H26N6O4. The molecule has 0 aliphatic carbocycles. The first-order valence-corrected chi connectivity index (χ1v) is 8.34. The maximum atomic E-state index is 11.9. The molecule has 0 radical (unpaired) electrons. The molecule has 10 nitrogen and oxygen atoms in total. The second-order valence-corrected chi connectivity index (χ2v) is 6.25. The summed E-state index contributed by atoms with van der Waals surface area (Å²) in [5.41, 5.74) is 12.6. The highest BCUT2D eigenvalue weighted by molar-refractivity contribution is 5.77. The fourth-order valence-corrected chi connectivity index (χ4v) is 2.34. The number of carbonyl (C=O) groups is 1. The van der Waals surface area contributed by atoms with Gasteiger partial charge < -0.3 is 30.2 Å². The summed E-state index contributed by atoms with van der Waals surface area (Å²) in [6, 6.07) is -0.641. The van der Waals surface area contributed by atoms with Crippen LogP contribution in [-0.4, -0.2) is 58.5 Å². The zero-order valence-corrected chi connectivity index (χ0v) is 15.5. The number of imidazole rings is 1. The van der Waals surface area contributed by atoms with Crippen molar-refractivity contribution in [2.75, 3.05) is 26.6 Å². The van der Waals surface area contributed by atoms with Crippen molar-refractivity contribution in [1.29, 1.82) is 0 Å². The Kier molecular flexibility index (Phi) is 6.70. The van der Waals surface area contributed by atoms with E-state index >= 15 is 0 Å². The standard InChI is InChI=1S/C16H26N6O4/c1-9(2)11(17)15(23)26-7-10(24-3)5-6-22-8-19-12-13(22)20-16(18)21-14(12)25-4/h8-11H,5-7,17H2,1-4H3,(H2,18,20,21). The predicted octanol–water partition coefficient (Wildman–Crippen LogP) is 0.349. The van der Waals surface area contributed by atoms with Crippen LogP contribution in [0, 0.1) is 5.92 Å². The zero-order valence-electron chi connectivity index (χ0n) is 15.5. The minimum atomic E-state index is -0.641. The average molecular weight is 366 g/mol. The summed E-state index contributed by atoms with van der Waals surface area (Å²) >= 11 is 0. The van der Waals surface area contributed by atoms with Crippen LogP contribution in [0.1, 0.15) is 20.3 Å². The number of rotatable bonds is 9. The predicted molar refractivity (Wildman–Crippen MR) is 95.5 cm³/mol. The highest BCUT2D eigenvalue weighted by Gasteiger charge is 2.21. The lowest BCUT2D eigenvalue weighted by Gasteiger charge is -2.19. The van der Waals surface area contributed by atoms with Crippen molar-refractivity contribution in [1.82, 2.24) is 19.5 Å². The summed E-state index contributed by atoms with van der Waals surface area (Å²) in [4.78, 5) is 24.3. The molecule has 2 aromatic rings. The first-order valence-electron chi connectivity index (χ1n) is 8.34. The molecule has 10 heteroatoms. The van der Waals surface area contributed by atoms with Crippen molar-refractivity contribution in [3.63, 3.8) is 0 Å². The SMILES string of the molecule is COc1nc(N)nc2c1ncn2CCC(COC(=O)C(N)C(C)C)OC. The molecule has 0 aliphatic rings. The second kappa shape index (κ2) is 8.77. The Bertz CT molecular complexity index is 748. The van der Waals surface area contributed by atoms with Gasteiger partial charge in [0.15, 0.2) is 11.2 Å². The van der Waals surface area contributed by atoms with Crippen LogP contribution in [-0.2, 0) is 20.8 Å². The van der Waals surface area contributed by atoms with Gasteiger partial charge in [-0.3, -0.25) is 4.79 Å². The number of nitrogens with zero attached hydrogens (tertiary/aromatic N) is 4. The van der Waals surface area contributed by atoms with Crippen LogP contribution in [0.2, 0.25) is 0 Å². The number of carbonyl (C=O) groups excluding carboxylic acids is 1. The average Bonchev–Trinajstić information content (AvgIpc) is 3.02. The summed E-state index contributed by atoms with van der Waals surface area (Å²) < 4.78 is 17.6. The number of aromatic nitrogens is 4. The van der Waals surface area contributed by atoms with Crippen molar-refractivity contribution >= 4 is 23.1 Å². The molecule has 2 aromatic heterocycles. The van der Waals surface area contributed by atoms with Gasteiger partial charge in [0.05, 0.1) is 19.5 Å². The van der Waals surface area contributed by atoms with Gasteiger partial charge in [-0.15, -0.1) is 0 Å². The Labute approximate surface area is 151 Å². The van der Waals surface area contributed by atoms with Gasteiger partial charge in [0, 0.05) is 13.7 Å². The van der Waals surface area contributed by atoms with Crippen LogP contribution in [0.25, 0.3) is 11.2 Å². The number of fused-ring (bicyclic) bond motifs is 1. The molecule has 0 aromatic carbocycles. The highest BCUT2D eigenvalue weighted by Crippen LogP contribution is 2.21. The number of aryl methyl sites for hydroxylation is 1. The van der Waals surface area contributed by atoms with Crippen LogP contribution >= 0.6 is 0 Å². The molecule has 0 saturated heterocycles. The van der Waals surface area contributed by atoms with E-state index in [0.29, 0.717) is 30.0 Å². The maximum Gasteiger partial charge on any atom is 0.323 e. The van der Waals surface area contributed by atoms with E-state index in [1.165, 1.54) is 7.11 Å². The van der Waals surface area contributed by atoms with E-state index < -0.39 is 12.0 Å². The van der Waals surface area contributed by atoms with Gasteiger partial charge >= 0.3 is 5.97 Å². The minimum Gasteiger partial charge on any atom is -0.479 e. The monoisotopic (exact) mass is 366 g/mol. The van der Waals surface area contributed by atoms with Crippen LogP contribution in [0.5, 0.6) is 5.88 Å². The molecule has 2 unspecified atom stereocenters. The Morgan fingerprint density at radius 3 is 2.65 bits per heavy atom.